The molecule has 0 aliphatic heterocycles. The van der Waals surface area contributed by atoms with Gasteiger partial charge in [-0.3, -0.25) is 4.79 Å². The number of carboxylic acid groups (broad SMARTS) is 1. The number of hydrogen-bond donors (Lipinski definition) is 3. The Balaban J connectivity index is 3.04. The summed E-state index contributed by atoms with van der Waals surface area (Å²) in [6, 6.07) is 5.96. The number of phenols is 1. The van der Waals surface area contributed by atoms with Crippen molar-refractivity contribution in [3.05, 3.63) is 29.8 Å². The molecule has 0 saturated carbocycles. The largest absolute Gasteiger partial charge is 0.508 e. The average Bonchev–Trinajstić information content (AvgIpc) is 2.16. The van der Waals surface area contributed by atoms with Crippen LogP contribution in [0.2, 0.25) is 0 Å². The van der Waals surface area contributed by atoms with E-state index < -0.39 is 17.5 Å². The molecule has 3 N–H and O–H groups in total. The zero-order valence-corrected chi connectivity index (χ0v) is 8.64. The number of rotatable bonds is 3. The van der Waals surface area contributed by atoms with Gasteiger partial charge in [0, 0.05) is 0 Å². The molecule has 0 aliphatic rings. The van der Waals surface area contributed by atoms with Crippen LogP contribution in [-0.2, 0) is 4.79 Å². The minimum atomic E-state index is -1.28. The van der Waals surface area contributed by atoms with E-state index in [2.05, 4.69) is 0 Å². The molecule has 0 radical (unpaired) electrons. The average molecular weight is 210 g/mol. The fourth-order valence-electron chi connectivity index (χ4n) is 1.23. The first-order chi connectivity index (χ1) is 6.85. The fraction of sp³-hybridized carbons (Fsp3) is 0.364. The Hall–Kier alpha value is -1.55. The van der Waals surface area contributed by atoms with Crippen LogP contribution in [-0.4, -0.2) is 21.3 Å². The molecule has 82 valence electrons. The van der Waals surface area contributed by atoms with Crippen molar-refractivity contribution in [1.82, 2.24) is 0 Å². The molecule has 0 aromatic heterocycles. The van der Waals surface area contributed by atoms with E-state index in [4.69, 9.17) is 5.11 Å². The van der Waals surface area contributed by atoms with Crippen molar-refractivity contribution in [2.24, 2.45) is 5.41 Å². The van der Waals surface area contributed by atoms with Gasteiger partial charge >= 0.3 is 5.97 Å². The van der Waals surface area contributed by atoms with Gasteiger partial charge < -0.3 is 15.3 Å². The zero-order valence-electron chi connectivity index (χ0n) is 8.64. The second-order valence-electron chi connectivity index (χ2n) is 4.02. The minimum absolute atomic E-state index is 0.00717. The van der Waals surface area contributed by atoms with E-state index in [9.17, 15) is 15.0 Å². The van der Waals surface area contributed by atoms with Crippen molar-refractivity contribution < 1.29 is 20.1 Å². The Morgan fingerprint density at radius 1 is 1.40 bits per heavy atom. The number of aliphatic hydroxyl groups is 1. The van der Waals surface area contributed by atoms with Gasteiger partial charge in [-0.25, -0.2) is 0 Å². The molecular formula is C11H14O4. The monoisotopic (exact) mass is 210 g/mol. The fourth-order valence-corrected chi connectivity index (χ4v) is 1.23. The zero-order chi connectivity index (χ0) is 11.6. The maximum absolute atomic E-state index is 10.9. The maximum Gasteiger partial charge on any atom is 0.312 e. The molecule has 1 atom stereocenters. The molecule has 0 unspecified atom stereocenters. The number of carbonyl (C=O) groups is 1. The third-order valence-electron chi connectivity index (χ3n) is 2.42. The molecule has 0 spiro atoms. The van der Waals surface area contributed by atoms with Crippen molar-refractivity contribution in [2.45, 2.75) is 20.0 Å². The Labute approximate surface area is 87.8 Å². The van der Waals surface area contributed by atoms with Crippen molar-refractivity contribution in [3.8, 4) is 5.75 Å². The quantitative estimate of drug-likeness (QED) is 0.707. The summed E-state index contributed by atoms with van der Waals surface area (Å²) in [6.45, 7) is 2.87. The summed E-state index contributed by atoms with van der Waals surface area (Å²) in [4.78, 5) is 10.9. The Morgan fingerprint density at radius 3 is 2.47 bits per heavy atom. The molecule has 0 fully saturated rings. The number of aliphatic hydroxyl groups excluding tert-OH is 1. The topological polar surface area (TPSA) is 77.8 Å². The number of aromatic hydroxyl groups is 1. The van der Waals surface area contributed by atoms with Crippen LogP contribution in [0.1, 0.15) is 25.5 Å². The second kappa shape index (κ2) is 3.90. The minimum Gasteiger partial charge on any atom is -0.508 e. The van der Waals surface area contributed by atoms with Crippen LogP contribution in [0.4, 0.5) is 0 Å². The van der Waals surface area contributed by atoms with Gasteiger partial charge in [0.1, 0.15) is 5.75 Å². The molecule has 0 amide bonds. The highest BCUT2D eigenvalue weighted by molar-refractivity contribution is 5.74. The van der Waals surface area contributed by atoms with E-state index in [1.807, 2.05) is 0 Å². The Bertz CT molecular complexity index is 371. The summed E-state index contributed by atoms with van der Waals surface area (Å²) in [7, 11) is 0. The molecule has 15 heavy (non-hydrogen) atoms. The Kier molecular flexibility index (Phi) is 3.00. The molecular weight excluding hydrogens is 196 g/mol. The smallest absolute Gasteiger partial charge is 0.312 e. The molecule has 1 aromatic rings. The number of hydrogen-bond acceptors (Lipinski definition) is 3. The molecule has 0 heterocycles. The predicted octanol–water partition coefficient (Wildman–Crippen LogP) is 1.54. The van der Waals surface area contributed by atoms with E-state index in [0.29, 0.717) is 5.56 Å². The predicted molar refractivity (Wildman–Crippen MR) is 54.5 cm³/mol. The lowest BCUT2D eigenvalue weighted by atomic mass is 9.83. The van der Waals surface area contributed by atoms with Gasteiger partial charge in [-0.2, -0.15) is 0 Å². The highest BCUT2D eigenvalue weighted by atomic mass is 16.4. The van der Waals surface area contributed by atoms with Crippen molar-refractivity contribution in [2.75, 3.05) is 0 Å². The van der Waals surface area contributed by atoms with E-state index >= 15 is 0 Å². The lowest BCUT2D eigenvalue weighted by molar-refractivity contribution is -0.153. The van der Waals surface area contributed by atoms with Gasteiger partial charge in [-0.15, -0.1) is 0 Å². The third-order valence-corrected chi connectivity index (χ3v) is 2.42. The maximum atomic E-state index is 10.9. The molecule has 0 saturated heterocycles. The SMILES string of the molecule is CC(C)(C(=O)O)[C@@H](O)c1cccc(O)c1. The van der Waals surface area contributed by atoms with E-state index in [1.54, 1.807) is 12.1 Å². The first-order valence-electron chi connectivity index (χ1n) is 4.56. The van der Waals surface area contributed by atoms with Crippen molar-refractivity contribution in [1.29, 1.82) is 0 Å². The number of benzene rings is 1. The molecule has 0 aliphatic carbocycles. The summed E-state index contributed by atoms with van der Waals surface area (Å²) in [5.41, 5.74) is -0.893. The van der Waals surface area contributed by atoms with E-state index in [0.717, 1.165) is 0 Å². The first-order valence-corrected chi connectivity index (χ1v) is 4.56. The lowest BCUT2D eigenvalue weighted by Crippen LogP contribution is -2.31. The number of aliphatic carboxylic acids is 1. The normalized spacial score (nSPS) is 13.5. The van der Waals surface area contributed by atoms with Crippen molar-refractivity contribution >= 4 is 5.97 Å². The van der Waals surface area contributed by atoms with Gasteiger partial charge in [-0.1, -0.05) is 12.1 Å². The van der Waals surface area contributed by atoms with Gasteiger partial charge in [0.15, 0.2) is 0 Å². The molecule has 4 heteroatoms. The molecule has 1 aromatic carbocycles. The van der Waals surface area contributed by atoms with Crippen LogP contribution in [0.25, 0.3) is 0 Å². The van der Waals surface area contributed by atoms with Crippen molar-refractivity contribution in [3.63, 3.8) is 0 Å². The first kappa shape index (κ1) is 11.5. The third kappa shape index (κ3) is 2.27. The van der Waals surface area contributed by atoms with E-state index in [1.165, 1.54) is 26.0 Å². The molecule has 0 bridgehead atoms. The van der Waals surface area contributed by atoms with Crippen LogP contribution < -0.4 is 0 Å². The molecule has 1 rings (SSSR count). The highest BCUT2D eigenvalue weighted by Crippen LogP contribution is 2.34. The Morgan fingerprint density at radius 2 is 2.00 bits per heavy atom. The highest BCUT2D eigenvalue weighted by Gasteiger charge is 2.36. The standard InChI is InChI=1S/C11H14O4/c1-11(2,10(14)15)9(13)7-4-3-5-8(12)6-7/h3-6,9,12-13H,1-2H3,(H,14,15)/t9-/m0/s1. The molecule has 4 nitrogen and oxygen atoms in total. The van der Waals surface area contributed by atoms with Gasteiger partial charge in [0.2, 0.25) is 0 Å². The second-order valence-corrected chi connectivity index (χ2v) is 4.02. The summed E-state index contributed by atoms with van der Waals surface area (Å²) >= 11 is 0. The summed E-state index contributed by atoms with van der Waals surface area (Å²) < 4.78 is 0. The van der Waals surface area contributed by atoms with Crippen LogP contribution in [0.5, 0.6) is 5.75 Å². The van der Waals surface area contributed by atoms with Crippen LogP contribution >= 0.6 is 0 Å². The van der Waals surface area contributed by atoms with E-state index in [-0.39, 0.29) is 5.75 Å². The van der Waals surface area contributed by atoms with Crippen LogP contribution in [0.3, 0.4) is 0 Å². The van der Waals surface area contributed by atoms with Crippen LogP contribution in [0, 0.1) is 5.41 Å². The van der Waals surface area contributed by atoms with Gasteiger partial charge in [-0.05, 0) is 31.5 Å². The lowest BCUT2D eigenvalue weighted by Gasteiger charge is -2.26. The number of phenolic OH excluding ortho intramolecular Hbond substituents is 1. The van der Waals surface area contributed by atoms with Gasteiger partial charge in [0.05, 0.1) is 11.5 Å². The van der Waals surface area contributed by atoms with Crippen LogP contribution in [0.15, 0.2) is 24.3 Å². The van der Waals surface area contributed by atoms with Gasteiger partial charge in [0.25, 0.3) is 0 Å². The summed E-state index contributed by atoms with van der Waals surface area (Å²) in [5, 5.41) is 28.0. The summed E-state index contributed by atoms with van der Waals surface area (Å²) in [5.74, 6) is -1.08. The summed E-state index contributed by atoms with van der Waals surface area (Å²) in [6.07, 6.45) is -1.15. The number of carboxylic acids is 1.